The summed E-state index contributed by atoms with van der Waals surface area (Å²) in [5.74, 6) is -0.185. The molecule has 0 radical (unpaired) electrons. The molecule has 1 aliphatic heterocycles. The minimum absolute atomic E-state index is 0.133. The van der Waals surface area contributed by atoms with Crippen molar-refractivity contribution < 1.29 is 23.1 Å². The summed E-state index contributed by atoms with van der Waals surface area (Å²) in [6, 6.07) is 9.29. The van der Waals surface area contributed by atoms with Crippen LogP contribution in [0, 0.1) is 6.92 Å². The summed E-state index contributed by atoms with van der Waals surface area (Å²) >= 11 is 3.26. The molecule has 0 aliphatic carbocycles. The Labute approximate surface area is 197 Å². The molecule has 0 atom stereocenters. The molecular formula is C24H21F3N2O2S2. The van der Waals surface area contributed by atoms with Crippen LogP contribution in [0.2, 0.25) is 0 Å². The number of aryl methyl sites for hydroxylation is 1. The normalized spacial score (nSPS) is 14.6. The maximum atomic E-state index is 12.9. The fraction of sp³-hybridized carbons (Fsp3) is 0.250. The smallest absolute Gasteiger partial charge is 0.416 e. The largest absolute Gasteiger partial charge is 0.480 e. The third-order valence-corrected chi connectivity index (χ3v) is 7.90. The average molecular weight is 491 g/mol. The van der Waals surface area contributed by atoms with Gasteiger partial charge in [0.05, 0.1) is 22.9 Å². The third-order valence-electron chi connectivity index (χ3n) is 5.35. The van der Waals surface area contributed by atoms with Gasteiger partial charge >= 0.3 is 12.1 Å². The van der Waals surface area contributed by atoms with Gasteiger partial charge in [-0.3, -0.25) is 4.79 Å². The van der Waals surface area contributed by atoms with Crippen molar-refractivity contribution in [2.45, 2.75) is 37.9 Å². The number of rotatable bonds is 6. The molecule has 0 spiro atoms. The molecule has 2 heterocycles. The van der Waals surface area contributed by atoms with Crippen molar-refractivity contribution in [3.05, 3.63) is 76.0 Å². The number of halogens is 3. The molecule has 2 aromatic carbocycles. The van der Waals surface area contributed by atoms with E-state index in [0.29, 0.717) is 0 Å². The Balaban J connectivity index is 1.47. The Morgan fingerprint density at radius 2 is 1.94 bits per heavy atom. The van der Waals surface area contributed by atoms with E-state index in [4.69, 9.17) is 5.11 Å². The summed E-state index contributed by atoms with van der Waals surface area (Å²) in [6.07, 6.45) is 0.0254. The van der Waals surface area contributed by atoms with Gasteiger partial charge in [0, 0.05) is 15.6 Å². The highest BCUT2D eigenvalue weighted by molar-refractivity contribution is 8.13. The number of alkyl halides is 3. The fourth-order valence-electron chi connectivity index (χ4n) is 3.66. The minimum Gasteiger partial charge on any atom is -0.480 e. The van der Waals surface area contributed by atoms with E-state index in [1.807, 2.05) is 19.1 Å². The molecule has 0 saturated heterocycles. The van der Waals surface area contributed by atoms with E-state index < -0.39 is 17.7 Å². The summed E-state index contributed by atoms with van der Waals surface area (Å²) in [5.41, 5.74) is 3.91. The van der Waals surface area contributed by atoms with Crippen molar-refractivity contribution in [3.63, 3.8) is 0 Å². The second kappa shape index (κ2) is 9.30. The number of imidazole rings is 1. The minimum atomic E-state index is -4.34. The van der Waals surface area contributed by atoms with Gasteiger partial charge in [0.25, 0.3) is 0 Å². The number of fused-ring (bicyclic) bond motifs is 1. The number of thioether (sulfide) groups is 2. The van der Waals surface area contributed by atoms with Crippen molar-refractivity contribution in [2.75, 3.05) is 5.75 Å². The van der Waals surface area contributed by atoms with Crippen LogP contribution < -0.4 is 0 Å². The number of hydrogen-bond acceptors (Lipinski definition) is 4. The lowest BCUT2D eigenvalue weighted by atomic mass is 10.1. The van der Waals surface area contributed by atoms with E-state index in [0.717, 1.165) is 56.3 Å². The first kappa shape index (κ1) is 23.5. The molecule has 0 bridgehead atoms. The van der Waals surface area contributed by atoms with E-state index in [1.54, 1.807) is 34.4 Å². The molecule has 0 fully saturated rings. The Kier molecular flexibility index (Phi) is 6.63. The number of carboxylic acids is 1. The van der Waals surface area contributed by atoms with Crippen LogP contribution in [0.1, 0.15) is 30.0 Å². The zero-order chi connectivity index (χ0) is 23.8. The van der Waals surface area contributed by atoms with E-state index in [1.165, 1.54) is 22.6 Å². The van der Waals surface area contributed by atoms with Gasteiger partial charge in [-0.15, -0.1) is 11.8 Å². The number of nitrogens with zero attached hydrogens (tertiary/aromatic N) is 2. The molecule has 172 valence electrons. The second-order valence-corrected chi connectivity index (χ2v) is 10.0. The van der Waals surface area contributed by atoms with Crippen molar-refractivity contribution in [2.24, 2.45) is 0 Å². The Morgan fingerprint density at radius 3 is 2.61 bits per heavy atom. The first-order valence-electron chi connectivity index (χ1n) is 10.2. The summed E-state index contributed by atoms with van der Waals surface area (Å²) in [6.45, 7) is 3.88. The lowest BCUT2D eigenvalue weighted by molar-refractivity contribution is -0.138. The third kappa shape index (κ3) is 5.30. The molecule has 4 rings (SSSR count). The van der Waals surface area contributed by atoms with Crippen LogP contribution in [0.4, 0.5) is 13.2 Å². The number of hydrogen-bond donors (Lipinski definition) is 1. The summed E-state index contributed by atoms with van der Waals surface area (Å²) in [7, 11) is 0. The Morgan fingerprint density at radius 1 is 1.21 bits per heavy atom. The van der Waals surface area contributed by atoms with Crippen LogP contribution in [-0.2, 0) is 17.5 Å². The topological polar surface area (TPSA) is 55.1 Å². The van der Waals surface area contributed by atoms with Gasteiger partial charge in [0.15, 0.2) is 0 Å². The first-order chi connectivity index (χ1) is 15.6. The van der Waals surface area contributed by atoms with Crippen LogP contribution >= 0.6 is 23.5 Å². The molecule has 0 saturated carbocycles. The predicted octanol–water partition coefficient (Wildman–Crippen LogP) is 6.99. The number of aliphatic carboxylic acids is 1. The van der Waals surface area contributed by atoms with E-state index in [-0.39, 0.29) is 6.54 Å². The summed E-state index contributed by atoms with van der Waals surface area (Å²) in [5, 5.41) is 9.08. The average Bonchev–Trinajstić information content (AvgIpc) is 3.15. The molecule has 1 aromatic heterocycles. The van der Waals surface area contributed by atoms with Crippen LogP contribution in [0.15, 0.2) is 64.2 Å². The van der Waals surface area contributed by atoms with E-state index in [9.17, 15) is 18.0 Å². The van der Waals surface area contributed by atoms with Crippen LogP contribution in [0.25, 0.3) is 15.9 Å². The summed E-state index contributed by atoms with van der Waals surface area (Å²) in [4.78, 5) is 18.6. The van der Waals surface area contributed by atoms with Gasteiger partial charge in [-0.25, -0.2) is 4.98 Å². The Hall–Kier alpha value is -2.65. The molecule has 4 nitrogen and oxygen atoms in total. The first-order valence-corrected chi connectivity index (χ1v) is 12.0. The van der Waals surface area contributed by atoms with Gasteiger partial charge in [-0.1, -0.05) is 35.5 Å². The quantitative estimate of drug-likeness (QED) is 0.377. The van der Waals surface area contributed by atoms with Crippen molar-refractivity contribution in [3.8, 4) is 0 Å². The molecule has 0 unspecified atom stereocenters. The lowest BCUT2D eigenvalue weighted by Crippen LogP contribution is -2.07. The number of carbonyl (C=O) groups is 1. The molecule has 0 amide bonds. The van der Waals surface area contributed by atoms with Crippen molar-refractivity contribution in [1.82, 2.24) is 9.55 Å². The molecular weight excluding hydrogens is 469 g/mol. The van der Waals surface area contributed by atoms with Crippen LogP contribution in [0.3, 0.4) is 0 Å². The summed E-state index contributed by atoms with van der Waals surface area (Å²) < 4.78 is 40.2. The number of carboxylic acid groups (broad SMARTS) is 1. The van der Waals surface area contributed by atoms with Crippen molar-refractivity contribution in [1.29, 1.82) is 0 Å². The molecule has 1 N–H and O–H groups in total. The zero-order valence-electron chi connectivity index (χ0n) is 17.9. The number of allylic oxidation sites excluding steroid dienone is 2. The zero-order valence-corrected chi connectivity index (χ0v) is 19.6. The van der Waals surface area contributed by atoms with Gasteiger partial charge in [0.1, 0.15) is 6.54 Å². The Bertz CT molecular complexity index is 1280. The van der Waals surface area contributed by atoms with E-state index in [2.05, 4.69) is 18.0 Å². The fourth-order valence-corrected chi connectivity index (χ4v) is 6.02. The van der Waals surface area contributed by atoms with Crippen LogP contribution in [-0.4, -0.2) is 26.4 Å². The monoisotopic (exact) mass is 490 g/mol. The van der Waals surface area contributed by atoms with Gasteiger partial charge in [0.2, 0.25) is 0 Å². The molecule has 33 heavy (non-hydrogen) atoms. The van der Waals surface area contributed by atoms with Crippen LogP contribution in [0.5, 0.6) is 0 Å². The van der Waals surface area contributed by atoms with Crippen molar-refractivity contribution >= 4 is 45.4 Å². The highest BCUT2D eigenvalue weighted by Gasteiger charge is 2.30. The molecule has 3 aromatic rings. The van der Waals surface area contributed by atoms with E-state index >= 15 is 0 Å². The predicted molar refractivity (Wildman–Crippen MR) is 127 cm³/mol. The lowest BCUT2D eigenvalue weighted by Gasteiger charge is -2.19. The highest BCUT2D eigenvalue weighted by Crippen LogP contribution is 2.43. The molecule has 9 heteroatoms. The molecule has 1 aliphatic rings. The van der Waals surface area contributed by atoms with Gasteiger partial charge in [-0.05, 0) is 60.6 Å². The maximum absolute atomic E-state index is 12.9. The SMILES string of the molecule is CC1=C(CSc2cc(C)c3c(c2)ncn3CC(=O)O)SC(c2ccc(C(F)(F)F)cc2)=CC1. The van der Waals surface area contributed by atoms with Gasteiger partial charge in [-0.2, -0.15) is 13.2 Å². The standard InChI is InChI=1S/C24H21F3N2O2S2/c1-14-3-8-20(16-4-6-17(7-5-16)24(25,26)27)33-21(14)12-32-18-9-15(2)23-19(10-18)28-13-29(23)11-22(30)31/h4-10,13H,3,11-12H2,1-2H3,(H,30,31). The highest BCUT2D eigenvalue weighted by atomic mass is 32.2. The number of benzene rings is 2. The number of aromatic nitrogens is 2. The van der Waals surface area contributed by atoms with Gasteiger partial charge < -0.3 is 9.67 Å². The maximum Gasteiger partial charge on any atom is 0.416 e. The second-order valence-electron chi connectivity index (χ2n) is 7.82.